The largest absolute Gasteiger partial charge is 0.485 e. The Morgan fingerprint density at radius 2 is 2.24 bits per heavy atom. The molecule has 1 aromatic carbocycles. The zero-order valence-corrected chi connectivity index (χ0v) is 10.7. The molecule has 4 nitrogen and oxygen atoms in total. The first-order valence-corrected chi connectivity index (χ1v) is 5.92. The lowest BCUT2D eigenvalue weighted by molar-refractivity contribution is 0.287. The number of alkyl halides is 1. The summed E-state index contributed by atoms with van der Waals surface area (Å²) in [5, 5.41) is 4.61. The van der Waals surface area contributed by atoms with Gasteiger partial charge in [0, 0.05) is 17.6 Å². The van der Waals surface area contributed by atoms with Crippen LogP contribution in [-0.2, 0) is 19.5 Å². The van der Waals surface area contributed by atoms with Crippen LogP contribution in [0.2, 0.25) is 5.02 Å². The van der Waals surface area contributed by atoms with E-state index in [-0.39, 0.29) is 0 Å². The van der Waals surface area contributed by atoms with Crippen LogP contribution in [0.15, 0.2) is 24.5 Å². The zero-order chi connectivity index (χ0) is 12.3. The molecule has 0 unspecified atom stereocenters. The number of hydrogen-bond donors (Lipinski definition) is 0. The normalized spacial score (nSPS) is 10.5. The van der Waals surface area contributed by atoms with Gasteiger partial charge in [-0.3, -0.25) is 4.68 Å². The minimum atomic E-state index is 0.349. The number of aryl methyl sites for hydroxylation is 1. The lowest BCUT2D eigenvalue weighted by Crippen LogP contribution is -2.05. The van der Waals surface area contributed by atoms with Crippen molar-refractivity contribution in [3.8, 4) is 5.75 Å². The Balaban J connectivity index is 2.11. The summed E-state index contributed by atoms with van der Waals surface area (Å²) in [6.07, 6.45) is 1.49. The number of rotatable bonds is 4. The van der Waals surface area contributed by atoms with Crippen molar-refractivity contribution in [2.45, 2.75) is 12.5 Å². The van der Waals surface area contributed by atoms with Gasteiger partial charge in [-0.15, -0.1) is 11.6 Å². The Morgan fingerprint density at radius 3 is 2.88 bits per heavy atom. The average Bonchev–Trinajstić information content (AvgIpc) is 2.73. The van der Waals surface area contributed by atoms with E-state index >= 15 is 0 Å². The maximum absolute atomic E-state index is 5.88. The van der Waals surface area contributed by atoms with Crippen molar-refractivity contribution in [3.63, 3.8) is 0 Å². The van der Waals surface area contributed by atoms with Gasteiger partial charge in [0.1, 0.15) is 18.7 Å². The number of benzene rings is 1. The molecule has 0 bridgehead atoms. The molecule has 6 heteroatoms. The second kappa shape index (κ2) is 5.38. The molecule has 0 amide bonds. The fraction of sp³-hybridized carbons (Fsp3) is 0.273. The van der Waals surface area contributed by atoms with Crippen LogP contribution in [0, 0.1) is 0 Å². The Hall–Kier alpha value is -1.26. The van der Waals surface area contributed by atoms with Gasteiger partial charge in [0.2, 0.25) is 0 Å². The zero-order valence-electron chi connectivity index (χ0n) is 9.23. The summed E-state index contributed by atoms with van der Waals surface area (Å²) in [4.78, 5) is 4.07. The Morgan fingerprint density at radius 1 is 1.41 bits per heavy atom. The molecule has 1 aromatic heterocycles. The molecule has 0 atom stereocenters. The quantitative estimate of drug-likeness (QED) is 0.803. The summed E-state index contributed by atoms with van der Waals surface area (Å²) in [6, 6.07) is 5.36. The van der Waals surface area contributed by atoms with E-state index in [4.69, 9.17) is 27.9 Å². The Labute approximate surface area is 109 Å². The first-order valence-electron chi connectivity index (χ1n) is 5.01. The van der Waals surface area contributed by atoms with Crippen molar-refractivity contribution in [2.75, 3.05) is 0 Å². The fourth-order valence-electron chi connectivity index (χ4n) is 1.39. The van der Waals surface area contributed by atoms with Gasteiger partial charge in [0.15, 0.2) is 5.82 Å². The summed E-state index contributed by atoms with van der Waals surface area (Å²) < 4.78 is 7.30. The van der Waals surface area contributed by atoms with Crippen LogP contribution in [0.1, 0.15) is 11.4 Å². The molecule has 0 saturated heterocycles. The molecule has 2 aromatic rings. The predicted molar refractivity (Wildman–Crippen MR) is 66.3 cm³/mol. The summed E-state index contributed by atoms with van der Waals surface area (Å²) in [7, 11) is 1.82. The molecule has 0 aliphatic heterocycles. The van der Waals surface area contributed by atoms with Gasteiger partial charge in [0.05, 0.1) is 5.88 Å². The standard InChI is InChI=1S/C11H11Cl2N3O/c1-16-11(14-7-15-16)6-17-10-3-2-9(13)4-8(10)5-12/h2-4,7H,5-6H2,1H3. The van der Waals surface area contributed by atoms with Crippen molar-refractivity contribution in [1.29, 1.82) is 0 Å². The summed E-state index contributed by atoms with van der Waals surface area (Å²) in [5.74, 6) is 1.82. The molecule has 0 aliphatic rings. The second-order valence-corrected chi connectivity index (χ2v) is 4.18. The van der Waals surface area contributed by atoms with Gasteiger partial charge in [-0.25, -0.2) is 4.98 Å². The van der Waals surface area contributed by atoms with Gasteiger partial charge in [-0.05, 0) is 18.2 Å². The molecule has 1 heterocycles. The van der Waals surface area contributed by atoms with E-state index in [1.54, 1.807) is 22.9 Å². The van der Waals surface area contributed by atoms with Crippen LogP contribution >= 0.6 is 23.2 Å². The molecular formula is C11H11Cl2N3O. The third-order valence-corrected chi connectivity index (χ3v) is 2.85. The van der Waals surface area contributed by atoms with Crippen molar-refractivity contribution >= 4 is 23.2 Å². The van der Waals surface area contributed by atoms with Crippen molar-refractivity contribution in [1.82, 2.24) is 14.8 Å². The van der Waals surface area contributed by atoms with Crippen molar-refractivity contribution < 1.29 is 4.74 Å². The van der Waals surface area contributed by atoms with Crippen LogP contribution in [0.3, 0.4) is 0 Å². The molecule has 0 aliphatic carbocycles. The Kier molecular flexibility index (Phi) is 3.86. The van der Waals surface area contributed by atoms with E-state index in [9.17, 15) is 0 Å². The molecule has 0 spiro atoms. The van der Waals surface area contributed by atoms with Crippen molar-refractivity contribution in [3.05, 3.63) is 40.9 Å². The minimum Gasteiger partial charge on any atom is -0.485 e. The van der Waals surface area contributed by atoms with Gasteiger partial charge in [-0.1, -0.05) is 11.6 Å². The molecule has 0 fully saturated rings. The highest BCUT2D eigenvalue weighted by molar-refractivity contribution is 6.30. The monoisotopic (exact) mass is 271 g/mol. The summed E-state index contributed by atoms with van der Waals surface area (Å²) in [6.45, 7) is 0.349. The van der Waals surface area contributed by atoms with Crippen LogP contribution in [0.5, 0.6) is 5.75 Å². The lowest BCUT2D eigenvalue weighted by Gasteiger charge is -2.09. The highest BCUT2D eigenvalue weighted by Gasteiger charge is 2.06. The first kappa shape index (κ1) is 12.2. The Bertz CT molecular complexity index is 513. The topological polar surface area (TPSA) is 39.9 Å². The maximum atomic E-state index is 5.88. The van der Waals surface area contributed by atoms with Crippen LogP contribution in [-0.4, -0.2) is 14.8 Å². The van der Waals surface area contributed by atoms with Crippen LogP contribution in [0.25, 0.3) is 0 Å². The maximum Gasteiger partial charge on any atom is 0.164 e. The number of aromatic nitrogens is 3. The average molecular weight is 272 g/mol. The highest BCUT2D eigenvalue weighted by Crippen LogP contribution is 2.24. The fourth-order valence-corrected chi connectivity index (χ4v) is 1.79. The third kappa shape index (κ3) is 2.90. The van der Waals surface area contributed by atoms with E-state index < -0.39 is 0 Å². The van der Waals surface area contributed by atoms with E-state index in [2.05, 4.69) is 10.1 Å². The summed E-state index contributed by atoms with van der Waals surface area (Å²) in [5.41, 5.74) is 0.862. The predicted octanol–water partition coefficient (Wildman–Crippen LogP) is 2.79. The third-order valence-electron chi connectivity index (χ3n) is 2.33. The second-order valence-electron chi connectivity index (χ2n) is 3.47. The van der Waals surface area contributed by atoms with Gasteiger partial charge < -0.3 is 4.74 Å². The minimum absolute atomic E-state index is 0.349. The number of hydrogen-bond acceptors (Lipinski definition) is 3. The van der Waals surface area contributed by atoms with Gasteiger partial charge in [0.25, 0.3) is 0 Å². The molecule has 90 valence electrons. The smallest absolute Gasteiger partial charge is 0.164 e. The first-order chi connectivity index (χ1) is 8.20. The van der Waals surface area contributed by atoms with Crippen LogP contribution < -0.4 is 4.74 Å². The highest BCUT2D eigenvalue weighted by atomic mass is 35.5. The van der Waals surface area contributed by atoms with E-state index in [1.807, 2.05) is 7.05 Å². The number of nitrogens with zero attached hydrogens (tertiary/aromatic N) is 3. The molecule has 0 saturated carbocycles. The van der Waals surface area contributed by atoms with Gasteiger partial charge in [-0.2, -0.15) is 5.10 Å². The van der Waals surface area contributed by atoms with E-state index in [1.165, 1.54) is 6.33 Å². The molecular weight excluding hydrogens is 261 g/mol. The SMILES string of the molecule is Cn1ncnc1COc1ccc(Cl)cc1CCl. The van der Waals surface area contributed by atoms with Crippen molar-refractivity contribution in [2.24, 2.45) is 7.05 Å². The molecule has 0 radical (unpaired) electrons. The molecule has 2 rings (SSSR count). The molecule has 17 heavy (non-hydrogen) atoms. The van der Waals surface area contributed by atoms with E-state index in [0.717, 1.165) is 11.4 Å². The number of halogens is 2. The number of ether oxygens (including phenoxy) is 1. The lowest BCUT2D eigenvalue weighted by atomic mass is 10.2. The van der Waals surface area contributed by atoms with Crippen LogP contribution in [0.4, 0.5) is 0 Å². The summed E-state index contributed by atoms with van der Waals surface area (Å²) >= 11 is 11.7. The van der Waals surface area contributed by atoms with E-state index in [0.29, 0.717) is 23.3 Å². The van der Waals surface area contributed by atoms with Gasteiger partial charge >= 0.3 is 0 Å². The molecule has 0 N–H and O–H groups in total.